The average Bonchev–Trinajstić information content (AvgIpc) is 1.86. The SMILES string of the molecule is CNC(=O)CS(=O)(=O)CC#N. The van der Waals surface area contributed by atoms with Crippen molar-refractivity contribution in [2.75, 3.05) is 18.6 Å². The Labute approximate surface area is 64.9 Å². The first-order valence-electron chi connectivity index (χ1n) is 2.80. The lowest BCUT2D eigenvalue weighted by Gasteiger charge is -1.96. The summed E-state index contributed by atoms with van der Waals surface area (Å²) in [7, 11) is -2.18. The van der Waals surface area contributed by atoms with E-state index in [1.165, 1.54) is 13.1 Å². The van der Waals surface area contributed by atoms with Crippen LogP contribution in [0.2, 0.25) is 0 Å². The highest BCUT2D eigenvalue weighted by molar-refractivity contribution is 7.92. The van der Waals surface area contributed by atoms with Gasteiger partial charge in [-0.15, -0.1) is 0 Å². The number of nitriles is 1. The van der Waals surface area contributed by atoms with Gasteiger partial charge >= 0.3 is 0 Å². The molecule has 0 spiro atoms. The van der Waals surface area contributed by atoms with E-state index in [0.29, 0.717) is 0 Å². The van der Waals surface area contributed by atoms with Gasteiger partial charge in [0, 0.05) is 7.05 Å². The van der Waals surface area contributed by atoms with Gasteiger partial charge in [0.2, 0.25) is 5.91 Å². The lowest BCUT2D eigenvalue weighted by molar-refractivity contribution is -0.118. The summed E-state index contributed by atoms with van der Waals surface area (Å²) in [6.45, 7) is 0. The van der Waals surface area contributed by atoms with Gasteiger partial charge in [-0.3, -0.25) is 4.79 Å². The second-order valence-electron chi connectivity index (χ2n) is 1.86. The van der Waals surface area contributed by atoms with Gasteiger partial charge in [-0.1, -0.05) is 0 Å². The minimum absolute atomic E-state index is 0.597. The molecule has 0 unspecified atom stereocenters. The number of carbonyl (C=O) groups is 1. The van der Waals surface area contributed by atoms with Crippen molar-refractivity contribution in [3.63, 3.8) is 0 Å². The lowest BCUT2D eigenvalue weighted by atomic mass is 10.7. The molecule has 0 aromatic carbocycles. The van der Waals surface area contributed by atoms with Crippen LogP contribution < -0.4 is 5.32 Å². The Balaban J connectivity index is 4.17. The molecule has 5 nitrogen and oxygen atoms in total. The monoisotopic (exact) mass is 176 g/mol. The van der Waals surface area contributed by atoms with Crippen LogP contribution in [0.25, 0.3) is 0 Å². The van der Waals surface area contributed by atoms with Gasteiger partial charge in [0.15, 0.2) is 9.84 Å². The summed E-state index contributed by atoms with van der Waals surface area (Å²) < 4.78 is 21.4. The number of sulfone groups is 1. The fraction of sp³-hybridized carbons (Fsp3) is 0.600. The summed E-state index contributed by atoms with van der Waals surface area (Å²) in [5.41, 5.74) is 0. The zero-order valence-corrected chi connectivity index (χ0v) is 6.81. The first kappa shape index (κ1) is 9.91. The van der Waals surface area contributed by atoms with Crippen molar-refractivity contribution in [1.82, 2.24) is 5.32 Å². The number of hydrogen-bond acceptors (Lipinski definition) is 4. The van der Waals surface area contributed by atoms with Crippen molar-refractivity contribution in [3.05, 3.63) is 0 Å². The van der Waals surface area contributed by atoms with Crippen LogP contribution in [-0.2, 0) is 14.6 Å². The van der Waals surface area contributed by atoms with E-state index < -0.39 is 27.3 Å². The van der Waals surface area contributed by atoms with Crippen LogP contribution >= 0.6 is 0 Å². The van der Waals surface area contributed by atoms with Crippen LogP contribution in [0, 0.1) is 11.3 Å². The third-order valence-corrected chi connectivity index (χ3v) is 2.19. The Morgan fingerprint density at radius 3 is 2.55 bits per heavy atom. The van der Waals surface area contributed by atoms with E-state index in [1.54, 1.807) is 0 Å². The van der Waals surface area contributed by atoms with Crippen LogP contribution in [0.1, 0.15) is 0 Å². The lowest BCUT2D eigenvalue weighted by Crippen LogP contribution is -2.27. The van der Waals surface area contributed by atoms with Crippen molar-refractivity contribution in [2.24, 2.45) is 0 Å². The van der Waals surface area contributed by atoms with Gasteiger partial charge in [-0.05, 0) is 0 Å². The molecule has 62 valence electrons. The van der Waals surface area contributed by atoms with E-state index in [0.717, 1.165) is 0 Å². The van der Waals surface area contributed by atoms with Crippen LogP contribution in [-0.4, -0.2) is 32.9 Å². The number of rotatable bonds is 3. The summed E-state index contributed by atoms with van der Waals surface area (Å²) in [4.78, 5) is 10.5. The summed E-state index contributed by atoms with van der Waals surface area (Å²) in [5, 5.41) is 10.2. The molecule has 0 saturated heterocycles. The molecule has 0 rings (SSSR count). The molecule has 0 radical (unpaired) electrons. The van der Waals surface area contributed by atoms with Gasteiger partial charge in [0.25, 0.3) is 0 Å². The molecule has 0 aliphatic rings. The smallest absolute Gasteiger partial charge is 0.234 e. The minimum Gasteiger partial charge on any atom is -0.358 e. The van der Waals surface area contributed by atoms with Crippen LogP contribution in [0.3, 0.4) is 0 Å². The third-order valence-electron chi connectivity index (χ3n) is 0.914. The van der Waals surface area contributed by atoms with E-state index in [-0.39, 0.29) is 0 Å². The first-order chi connectivity index (χ1) is 5.02. The maximum absolute atomic E-state index is 10.7. The van der Waals surface area contributed by atoms with Gasteiger partial charge in [-0.25, -0.2) is 8.42 Å². The fourth-order valence-corrected chi connectivity index (χ4v) is 1.26. The van der Waals surface area contributed by atoms with Gasteiger partial charge in [0.05, 0.1) is 6.07 Å². The van der Waals surface area contributed by atoms with Crippen molar-refractivity contribution in [2.45, 2.75) is 0 Å². The largest absolute Gasteiger partial charge is 0.358 e. The minimum atomic E-state index is -3.52. The molecule has 6 heteroatoms. The molecule has 1 N–H and O–H groups in total. The van der Waals surface area contributed by atoms with Crippen molar-refractivity contribution in [3.8, 4) is 6.07 Å². The number of amides is 1. The highest BCUT2D eigenvalue weighted by Crippen LogP contribution is 1.87. The van der Waals surface area contributed by atoms with Gasteiger partial charge in [-0.2, -0.15) is 5.26 Å². The summed E-state index contributed by atoms with van der Waals surface area (Å²) in [6, 6.07) is 1.47. The molecule has 0 atom stereocenters. The summed E-state index contributed by atoms with van der Waals surface area (Å²) in [6.07, 6.45) is 0. The van der Waals surface area contributed by atoms with Crippen molar-refractivity contribution < 1.29 is 13.2 Å². The molecule has 0 aliphatic carbocycles. The molecule has 1 amide bonds. The molecule has 0 aromatic rings. The zero-order chi connectivity index (χ0) is 8.91. The summed E-state index contributed by atoms with van der Waals surface area (Å²) in [5.74, 6) is -1.82. The number of hydrogen-bond donors (Lipinski definition) is 1. The van der Waals surface area contributed by atoms with E-state index in [4.69, 9.17) is 5.26 Å². The van der Waals surface area contributed by atoms with E-state index >= 15 is 0 Å². The van der Waals surface area contributed by atoms with E-state index in [1.807, 2.05) is 0 Å². The number of nitrogens with one attached hydrogen (secondary N) is 1. The average molecular weight is 176 g/mol. The Hall–Kier alpha value is -1.09. The molecule has 0 aliphatic heterocycles. The van der Waals surface area contributed by atoms with Gasteiger partial charge < -0.3 is 5.32 Å². The Kier molecular flexibility index (Phi) is 3.54. The predicted octanol–water partition coefficient (Wildman–Crippen LogP) is -1.33. The maximum Gasteiger partial charge on any atom is 0.234 e. The maximum atomic E-state index is 10.7. The first-order valence-corrected chi connectivity index (χ1v) is 4.62. The second kappa shape index (κ2) is 3.93. The molecule has 0 fully saturated rings. The zero-order valence-electron chi connectivity index (χ0n) is 5.99. The quantitative estimate of drug-likeness (QED) is 0.577. The van der Waals surface area contributed by atoms with E-state index in [9.17, 15) is 13.2 Å². The van der Waals surface area contributed by atoms with E-state index in [2.05, 4.69) is 5.32 Å². The Morgan fingerprint density at radius 1 is 1.64 bits per heavy atom. The van der Waals surface area contributed by atoms with Crippen molar-refractivity contribution in [1.29, 1.82) is 5.26 Å². The molecule has 0 heterocycles. The summed E-state index contributed by atoms with van der Waals surface area (Å²) >= 11 is 0. The number of nitrogens with zero attached hydrogens (tertiary/aromatic N) is 1. The predicted molar refractivity (Wildman–Crippen MR) is 38.3 cm³/mol. The van der Waals surface area contributed by atoms with Gasteiger partial charge in [0.1, 0.15) is 11.5 Å². The standard InChI is InChI=1S/C5H8N2O3S/c1-7-5(8)4-11(9,10)3-2-6/h3-4H2,1H3,(H,7,8). The second-order valence-corrected chi connectivity index (χ2v) is 3.93. The Morgan fingerprint density at radius 2 is 2.18 bits per heavy atom. The molecule has 11 heavy (non-hydrogen) atoms. The normalized spacial score (nSPS) is 10.2. The third kappa shape index (κ3) is 4.33. The molecular formula is C5H8N2O3S. The molecule has 0 bridgehead atoms. The molecule has 0 aromatic heterocycles. The molecule has 0 saturated carbocycles. The molecular weight excluding hydrogens is 168 g/mol. The topological polar surface area (TPSA) is 87.0 Å². The van der Waals surface area contributed by atoms with Crippen LogP contribution in [0.15, 0.2) is 0 Å². The highest BCUT2D eigenvalue weighted by atomic mass is 32.2. The van der Waals surface area contributed by atoms with Crippen molar-refractivity contribution >= 4 is 15.7 Å². The Bertz CT molecular complexity index is 275. The van der Waals surface area contributed by atoms with Crippen LogP contribution in [0.4, 0.5) is 0 Å². The fourth-order valence-electron chi connectivity index (χ4n) is 0.421. The highest BCUT2D eigenvalue weighted by Gasteiger charge is 2.14. The number of carbonyl (C=O) groups excluding carboxylic acids is 1. The van der Waals surface area contributed by atoms with Crippen LogP contribution in [0.5, 0.6) is 0 Å².